The van der Waals surface area contributed by atoms with Crippen LogP contribution < -0.4 is 10.2 Å². The Bertz CT molecular complexity index is 582. The van der Waals surface area contributed by atoms with Crippen LogP contribution in [0.15, 0.2) is 47.6 Å². The number of ether oxygens (including phenoxy) is 1. The van der Waals surface area contributed by atoms with Crippen LogP contribution >= 0.6 is 23.2 Å². The van der Waals surface area contributed by atoms with E-state index in [0.29, 0.717) is 10.0 Å². The molecule has 0 unspecified atom stereocenters. The highest BCUT2D eigenvalue weighted by Crippen LogP contribution is 2.24. The highest BCUT2D eigenvalue weighted by Gasteiger charge is 1.97. The van der Waals surface area contributed by atoms with Crippen molar-refractivity contribution in [2.24, 2.45) is 5.10 Å². The van der Waals surface area contributed by atoms with E-state index in [1.54, 1.807) is 31.5 Å². The van der Waals surface area contributed by atoms with Crippen molar-refractivity contribution >= 4 is 35.1 Å². The van der Waals surface area contributed by atoms with E-state index in [4.69, 9.17) is 27.9 Å². The summed E-state index contributed by atoms with van der Waals surface area (Å²) in [7, 11) is 1.63. The van der Waals surface area contributed by atoms with Gasteiger partial charge < -0.3 is 4.74 Å². The Labute approximate surface area is 121 Å². The smallest absolute Gasteiger partial charge is 0.118 e. The first-order valence-electron chi connectivity index (χ1n) is 5.57. The van der Waals surface area contributed by atoms with Gasteiger partial charge in [0.15, 0.2) is 0 Å². The summed E-state index contributed by atoms with van der Waals surface area (Å²) in [5, 5.41) is 5.13. The van der Waals surface area contributed by atoms with Gasteiger partial charge in [-0.2, -0.15) is 5.10 Å². The highest BCUT2D eigenvalue weighted by molar-refractivity contribution is 6.42. The third-order valence-electron chi connectivity index (χ3n) is 2.44. The second kappa shape index (κ2) is 6.45. The summed E-state index contributed by atoms with van der Waals surface area (Å²) < 4.78 is 5.08. The number of rotatable bonds is 4. The molecule has 2 rings (SSSR count). The van der Waals surface area contributed by atoms with Crippen LogP contribution in [0.25, 0.3) is 0 Å². The third kappa shape index (κ3) is 3.88. The summed E-state index contributed by atoms with van der Waals surface area (Å²) in [6.45, 7) is 0. The van der Waals surface area contributed by atoms with Gasteiger partial charge in [-0.05, 0) is 48.0 Å². The number of nitrogens with one attached hydrogen (secondary N) is 1. The fourth-order valence-corrected chi connectivity index (χ4v) is 1.74. The van der Waals surface area contributed by atoms with E-state index in [1.165, 1.54) is 0 Å². The number of anilines is 1. The topological polar surface area (TPSA) is 33.6 Å². The molecule has 0 atom stereocenters. The molecular formula is C14H12Cl2N2O. The Kier molecular flexibility index (Phi) is 4.66. The lowest BCUT2D eigenvalue weighted by molar-refractivity contribution is 0.415. The molecule has 0 saturated heterocycles. The van der Waals surface area contributed by atoms with E-state index in [2.05, 4.69) is 10.5 Å². The van der Waals surface area contributed by atoms with Crippen molar-refractivity contribution in [3.05, 3.63) is 58.1 Å². The minimum Gasteiger partial charge on any atom is -0.497 e. The Balaban J connectivity index is 2.00. The van der Waals surface area contributed by atoms with Crippen molar-refractivity contribution in [1.82, 2.24) is 0 Å². The molecule has 0 radical (unpaired) electrons. The Morgan fingerprint density at radius 1 is 1.05 bits per heavy atom. The van der Waals surface area contributed by atoms with E-state index in [-0.39, 0.29) is 0 Å². The van der Waals surface area contributed by atoms with Gasteiger partial charge in [0.25, 0.3) is 0 Å². The van der Waals surface area contributed by atoms with Gasteiger partial charge in [0.1, 0.15) is 5.75 Å². The first-order valence-corrected chi connectivity index (χ1v) is 6.33. The average Bonchev–Trinajstić information content (AvgIpc) is 2.43. The number of hydrogen-bond donors (Lipinski definition) is 1. The summed E-state index contributed by atoms with van der Waals surface area (Å²) in [6.07, 6.45) is 1.71. The zero-order valence-corrected chi connectivity index (χ0v) is 11.7. The maximum Gasteiger partial charge on any atom is 0.118 e. The number of benzene rings is 2. The minimum absolute atomic E-state index is 0.492. The lowest BCUT2D eigenvalue weighted by Crippen LogP contribution is -1.91. The second-order valence-electron chi connectivity index (χ2n) is 3.77. The van der Waals surface area contributed by atoms with Crippen LogP contribution in [0.1, 0.15) is 5.56 Å². The molecule has 19 heavy (non-hydrogen) atoms. The standard InChI is InChI=1S/C14H12Cl2N2O/c1-19-12-5-2-10(3-6-12)9-17-18-11-4-7-13(15)14(16)8-11/h2-9,18H,1H3. The van der Waals surface area contributed by atoms with Crippen LogP contribution in [0.5, 0.6) is 5.75 Å². The lowest BCUT2D eigenvalue weighted by atomic mass is 10.2. The summed E-state index contributed by atoms with van der Waals surface area (Å²) in [4.78, 5) is 0. The summed E-state index contributed by atoms with van der Waals surface area (Å²) in [6, 6.07) is 12.8. The molecule has 5 heteroatoms. The molecule has 0 bridgehead atoms. The van der Waals surface area contributed by atoms with Gasteiger partial charge in [-0.1, -0.05) is 23.2 Å². The summed E-state index contributed by atoms with van der Waals surface area (Å²) >= 11 is 11.7. The molecule has 1 N–H and O–H groups in total. The van der Waals surface area contributed by atoms with Gasteiger partial charge in [0.2, 0.25) is 0 Å². The number of halogens is 2. The van der Waals surface area contributed by atoms with Crippen molar-refractivity contribution in [1.29, 1.82) is 0 Å². The molecule has 0 aliphatic heterocycles. The monoisotopic (exact) mass is 294 g/mol. The fraction of sp³-hybridized carbons (Fsp3) is 0.0714. The minimum atomic E-state index is 0.492. The van der Waals surface area contributed by atoms with Crippen LogP contribution in [-0.4, -0.2) is 13.3 Å². The predicted molar refractivity (Wildman–Crippen MR) is 80.7 cm³/mol. The molecule has 2 aromatic rings. The quantitative estimate of drug-likeness (QED) is 0.668. The molecule has 0 heterocycles. The van der Waals surface area contributed by atoms with Gasteiger partial charge >= 0.3 is 0 Å². The van der Waals surface area contributed by atoms with Gasteiger partial charge in [-0.3, -0.25) is 5.43 Å². The molecule has 0 aliphatic rings. The molecule has 3 nitrogen and oxygen atoms in total. The number of methoxy groups -OCH3 is 1. The number of hydrogen-bond acceptors (Lipinski definition) is 3. The van der Waals surface area contributed by atoms with Crippen molar-refractivity contribution in [3.63, 3.8) is 0 Å². The van der Waals surface area contributed by atoms with Crippen molar-refractivity contribution < 1.29 is 4.74 Å². The average molecular weight is 295 g/mol. The predicted octanol–water partition coefficient (Wildman–Crippen LogP) is 4.45. The van der Waals surface area contributed by atoms with E-state index in [9.17, 15) is 0 Å². The molecule has 98 valence electrons. The maximum absolute atomic E-state index is 5.91. The van der Waals surface area contributed by atoms with E-state index >= 15 is 0 Å². The molecule has 0 amide bonds. The first-order chi connectivity index (χ1) is 9.19. The molecule has 2 aromatic carbocycles. The van der Waals surface area contributed by atoms with Gasteiger partial charge in [0, 0.05) is 0 Å². The van der Waals surface area contributed by atoms with Crippen LogP contribution in [-0.2, 0) is 0 Å². The van der Waals surface area contributed by atoms with Crippen LogP contribution in [0.2, 0.25) is 10.0 Å². The molecule has 0 saturated carbocycles. The highest BCUT2D eigenvalue weighted by atomic mass is 35.5. The largest absolute Gasteiger partial charge is 0.497 e. The summed E-state index contributed by atoms with van der Waals surface area (Å²) in [5.41, 5.74) is 4.63. The molecule has 0 aliphatic carbocycles. The fourth-order valence-electron chi connectivity index (χ4n) is 1.44. The van der Waals surface area contributed by atoms with E-state index < -0.39 is 0 Å². The number of nitrogens with zero attached hydrogens (tertiary/aromatic N) is 1. The van der Waals surface area contributed by atoms with Crippen LogP contribution in [0, 0.1) is 0 Å². The van der Waals surface area contributed by atoms with Crippen molar-refractivity contribution in [3.8, 4) is 5.75 Å². The molecule has 0 aromatic heterocycles. The Hall–Kier alpha value is -1.71. The van der Waals surface area contributed by atoms with Gasteiger partial charge in [0.05, 0.1) is 29.1 Å². The second-order valence-corrected chi connectivity index (χ2v) is 4.59. The van der Waals surface area contributed by atoms with E-state index in [0.717, 1.165) is 17.0 Å². The lowest BCUT2D eigenvalue weighted by Gasteiger charge is -2.02. The first kappa shape index (κ1) is 13.7. The van der Waals surface area contributed by atoms with Gasteiger partial charge in [-0.15, -0.1) is 0 Å². The maximum atomic E-state index is 5.91. The normalized spacial score (nSPS) is 10.7. The molecule has 0 fully saturated rings. The zero-order chi connectivity index (χ0) is 13.7. The Morgan fingerprint density at radius 2 is 1.79 bits per heavy atom. The van der Waals surface area contributed by atoms with E-state index in [1.807, 2.05) is 24.3 Å². The summed E-state index contributed by atoms with van der Waals surface area (Å²) in [5.74, 6) is 0.814. The SMILES string of the molecule is COc1ccc(C=NNc2ccc(Cl)c(Cl)c2)cc1. The van der Waals surface area contributed by atoms with Crippen LogP contribution in [0.4, 0.5) is 5.69 Å². The van der Waals surface area contributed by atoms with Crippen LogP contribution in [0.3, 0.4) is 0 Å². The third-order valence-corrected chi connectivity index (χ3v) is 3.18. The van der Waals surface area contributed by atoms with Crippen molar-refractivity contribution in [2.75, 3.05) is 12.5 Å². The van der Waals surface area contributed by atoms with Crippen molar-refractivity contribution in [2.45, 2.75) is 0 Å². The Morgan fingerprint density at radius 3 is 2.42 bits per heavy atom. The van der Waals surface area contributed by atoms with Gasteiger partial charge in [-0.25, -0.2) is 0 Å². The zero-order valence-electron chi connectivity index (χ0n) is 10.2. The molecule has 0 spiro atoms. The molecular weight excluding hydrogens is 283 g/mol. The number of hydrazone groups is 1.